The van der Waals surface area contributed by atoms with E-state index in [1.54, 1.807) is 13.0 Å². The fourth-order valence-corrected chi connectivity index (χ4v) is 2.56. The molecule has 0 spiro atoms. The predicted octanol–water partition coefficient (Wildman–Crippen LogP) is 6.47. The molecule has 0 saturated heterocycles. The Balaban J connectivity index is 2.98. The van der Waals surface area contributed by atoms with E-state index in [1.165, 1.54) is 83.3 Å². The average molecular weight is 411 g/mol. The summed E-state index contributed by atoms with van der Waals surface area (Å²) in [7, 11) is 0. The predicted molar refractivity (Wildman–Crippen MR) is 99.8 cm³/mol. The molecule has 0 aromatic heterocycles. The molecule has 0 unspecified atom stereocenters. The van der Waals surface area contributed by atoms with Gasteiger partial charge in [0.05, 0.1) is 6.61 Å². The van der Waals surface area contributed by atoms with Gasteiger partial charge in [-0.1, -0.05) is 90.4 Å². The van der Waals surface area contributed by atoms with E-state index in [9.17, 15) is 0 Å². The lowest BCUT2D eigenvalue weighted by Crippen LogP contribution is -2.02. The molecule has 0 aliphatic rings. The SMILES string of the molecule is CC=COOOOOOOOOCCCCCCCCCCCCCCCC. The molecule has 28 heavy (non-hydrogen) atoms. The topological polar surface area (TPSA) is 83.1 Å². The summed E-state index contributed by atoms with van der Waals surface area (Å²) >= 11 is 0. The summed E-state index contributed by atoms with van der Waals surface area (Å²) in [6.07, 6.45) is 20.9. The summed E-state index contributed by atoms with van der Waals surface area (Å²) in [4.78, 5) is 8.98. The van der Waals surface area contributed by atoms with Crippen LogP contribution in [0, 0.1) is 0 Å². The number of unbranched alkanes of at least 4 members (excludes halogenated alkanes) is 13. The van der Waals surface area contributed by atoms with Crippen LogP contribution in [0.5, 0.6) is 0 Å². The Morgan fingerprint density at radius 2 is 0.929 bits per heavy atom. The highest BCUT2D eigenvalue weighted by atomic mass is 17.9. The lowest BCUT2D eigenvalue weighted by atomic mass is 10.0. The van der Waals surface area contributed by atoms with Crippen molar-refractivity contribution in [1.29, 1.82) is 0 Å². The van der Waals surface area contributed by atoms with E-state index >= 15 is 0 Å². The fourth-order valence-electron chi connectivity index (χ4n) is 2.56. The van der Waals surface area contributed by atoms with Crippen molar-refractivity contribution in [3.05, 3.63) is 12.3 Å². The molecule has 0 amide bonds. The van der Waals surface area contributed by atoms with Crippen molar-refractivity contribution in [2.24, 2.45) is 0 Å². The third kappa shape index (κ3) is 25.2. The van der Waals surface area contributed by atoms with Crippen LogP contribution in [0.15, 0.2) is 12.3 Å². The van der Waals surface area contributed by atoms with Crippen LogP contribution in [0.25, 0.3) is 0 Å². The molecule has 0 rings (SSSR count). The minimum Gasteiger partial charge on any atom is -0.314 e. The van der Waals surface area contributed by atoms with Gasteiger partial charge in [0.1, 0.15) is 6.26 Å². The highest BCUT2D eigenvalue weighted by molar-refractivity contribution is 4.62. The number of hydrogen-bond acceptors (Lipinski definition) is 9. The number of rotatable bonds is 24. The van der Waals surface area contributed by atoms with Gasteiger partial charge in [0.25, 0.3) is 0 Å². The summed E-state index contributed by atoms with van der Waals surface area (Å²) < 4.78 is 0. The Morgan fingerprint density at radius 1 is 0.500 bits per heavy atom. The Bertz CT molecular complexity index is 303. The van der Waals surface area contributed by atoms with Crippen LogP contribution >= 0.6 is 0 Å². The minimum atomic E-state index is 0.388. The lowest BCUT2D eigenvalue weighted by Gasteiger charge is -2.03. The zero-order valence-corrected chi connectivity index (χ0v) is 17.4. The van der Waals surface area contributed by atoms with Gasteiger partial charge in [-0.2, -0.15) is 0 Å². The van der Waals surface area contributed by atoms with E-state index in [0.717, 1.165) is 12.8 Å². The van der Waals surface area contributed by atoms with Crippen LogP contribution in [-0.2, 0) is 45.0 Å². The smallest absolute Gasteiger partial charge is 0.128 e. The first kappa shape index (κ1) is 27.2. The summed E-state index contributed by atoms with van der Waals surface area (Å²) in [5.74, 6) is 0. The van der Waals surface area contributed by atoms with Gasteiger partial charge in [-0.15, -0.1) is 0 Å². The van der Waals surface area contributed by atoms with Gasteiger partial charge in [-0.25, -0.2) is 4.89 Å². The van der Waals surface area contributed by atoms with Crippen molar-refractivity contribution < 1.29 is 45.0 Å². The standard InChI is InChI=1S/C19H38O9/c1-3-5-6-7-8-9-10-11-12-13-14-15-16-17-19-21-23-25-27-28-26-24-22-20-18-4-2/h4,18H,3,5-17,19H2,1-2H3. The molecule has 9 heteroatoms. The van der Waals surface area contributed by atoms with Crippen LogP contribution in [-0.4, -0.2) is 6.61 Å². The van der Waals surface area contributed by atoms with Crippen LogP contribution in [0.1, 0.15) is 104 Å². The van der Waals surface area contributed by atoms with Gasteiger partial charge < -0.3 is 4.89 Å². The van der Waals surface area contributed by atoms with Crippen molar-refractivity contribution in [2.75, 3.05) is 6.61 Å². The molecule has 0 aromatic rings. The second kappa shape index (κ2) is 26.2. The largest absolute Gasteiger partial charge is 0.314 e. The third-order valence-electron chi connectivity index (χ3n) is 4.03. The van der Waals surface area contributed by atoms with Crippen LogP contribution < -0.4 is 0 Å². The number of allylic oxidation sites excluding steroid dienone is 1. The van der Waals surface area contributed by atoms with Gasteiger partial charge in [-0.05, 0) is 34.5 Å². The quantitative estimate of drug-likeness (QED) is 0.0769. The van der Waals surface area contributed by atoms with Crippen molar-refractivity contribution in [1.82, 2.24) is 0 Å². The molecule has 0 fully saturated rings. The molecule has 0 N–H and O–H groups in total. The highest BCUT2D eigenvalue weighted by Crippen LogP contribution is 2.12. The maximum absolute atomic E-state index is 4.71. The molecular formula is C19H38O9. The van der Waals surface area contributed by atoms with Gasteiger partial charge in [0.15, 0.2) is 0 Å². The van der Waals surface area contributed by atoms with Crippen molar-refractivity contribution in [3.63, 3.8) is 0 Å². The monoisotopic (exact) mass is 410 g/mol. The highest BCUT2D eigenvalue weighted by Gasteiger charge is 1.97. The van der Waals surface area contributed by atoms with E-state index in [1.807, 2.05) is 0 Å². The zero-order valence-electron chi connectivity index (χ0n) is 17.4. The molecule has 0 heterocycles. The second-order valence-corrected chi connectivity index (χ2v) is 6.46. The van der Waals surface area contributed by atoms with E-state index in [2.05, 4.69) is 47.1 Å². The van der Waals surface area contributed by atoms with Crippen molar-refractivity contribution >= 4 is 0 Å². The van der Waals surface area contributed by atoms with Crippen LogP contribution in [0.4, 0.5) is 0 Å². The van der Waals surface area contributed by atoms with Gasteiger partial charge in [-0.3, -0.25) is 0 Å². The molecule has 9 nitrogen and oxygen atoms in total. The molecule has 0 radical (unpaired) electrons. The van der Waals surface area contributed by atoms with Crippen LogP contribution in [0.3, 0.4) is 0 Å². The second-order valence-electron chi connectivity index (χ2n) is 6.46. The van der Waals surface area contributed by atoms with E-state index < -0.39 is 0 Å². The molecule has 0 atom stereocenters. The Labute approximate surface area is 168 Å². The molecule has 0 saturated carbocycles. The Kier molecular flexibility index (Phi) is 25.5. The van der Waals surface area contributed by atoms with E-state index in [0.29, 0.717) is 6.61 Å². The zero-order chi connectivity index (χ0) is 20.4. The van der Waals surface area contributed by atoms with Crippen molar-refractivity contribution in [2.45, 2.75) is 104 Å². The first-order valence-electron chi connectivity index (χ1n) is 10.5. The molecule has 0 aliphatic heterocycles. The maximum Gasteiger partial charge on any atom is 0.128 e. The van der Waals surface area contributed by atoms with Gasteiger partial charge >= 0.3 is 0 Å². The molecule has 168 valence electrons. The van der Waals surface area contributed by atoms with E-state index in [4.69, 9.17) is 4.89 Å². The summed E-state index contributed by atoms with van der Waals surface area (Å²) in [5, 5.41) is 27.7. The fraction of sp³-hybridized carbons (Fsp3) is 0.895. The minimum absolute atomic E-state index is 0.388. The first-order chi connectivity index (χ1) is 13.9. The summed E-state index contributed by atoms with van der Waals surface area (Å²) in [5.41, 5.74) is 0. The lowest BCUT2D eigenvalue weighted by molar-refractivity contribution is -0.829. The molecular weight excluding hydrogens is 372 g/mol. The number of hydrogen-bond donors (Lipinski definition) is 0. The molecule has 0 bridgehead atoms. The first-order valence-corrected chi connectivity index (χ1v) is 10.5. The van der Waals surface area contributed by atoms with Gasteiger partial charge in [0.2, 0.25) is 0 Å². The molecule has 0 aliphatic carbocycles. The van der Waals surface area contributed by atoms with Crippen LogP contribution in [0.2, 0.25) is 0 Å². The van der Waals surface area contributed by atoms with Gasteiger partial charge in [0, 0.05) is 20.2 Å². The average Bonchev–Trinajstić information content (AvgIpc) is 2.71. The maximum atomic E-state index is 4.71. The summed E-state index contributed by atoms with van der Waals surface area (Å²) in [6, 6.07) is 0. The third-order valence-corrected chi connectivity index (χ3v) is 4.03. The Hall–Kier alpha value is -0.780. The Morgan fingerprint density at radius 3 is 1.43 bits per heavy atom. The van der Waals surface area contributed by atoms with E-state index in [-0.39, 0.29) is 0 Å². The molecule has 0 aromatic carbocycles. The normalized spacial score (nSPS) is 11.5. The van der Waals surface area contributed by atoms with Crippen molar-refractivity contribution in [3.8, 4) is 0 Å². The summed E-state index contributed by atoms with van der Waals surface area (Å²) in [6.45, 7) is 4.36.